The average Bonchev–Trinajstić information content (AvgIpc) is 2.41. The number of nitrogen functional groups attached to an aromatic ring is 1. The fourth-order valence-electron chi connectivity index (χ4n) is 1.51. The highest BCUT2D eigenvalue weighted by Crippen LogP contribution is 2.13. The maximum Gasteiger partial charge on any atom is 0.257 e. The SMILES string of the molecule is COCCN(CCOC)C(=O)c1cc(F)cnc1N. The number of hydrogen-bond acceptors (Lipinski definition) is 5. The third-order valence-electron chi connectivity index (χ3n) is 2.53. The molecule has 7 heteroatoms. The first-order valence-electron chi connectivity index (χ1n) is 5.78. The fourth-order valence-corrected chi connectivity index (χ4v) is 1.51. The van der Waals surface area contributed by atoms with Gasteiger partial charge in [0.2, 0.25) is 0 Å². The summed E-state index contributed by atoms with van der Waals surface area (Å²) in [5.41, 5.74) is 5.65. The molecule has 0 spiro atoms. The van der Waals surface area contributed by atoms with Crippen molar-refractivity contribution >= 4 is 11.7 Å². The average molecular weight is 271 g/mol. The number of rotatable bonds is 7. The molecule has 1 heterocycles. The Bertz CT molecular complexity index is 421. The molecular formula is C12H18FN3O3. The van der Waals surface area contributed by atoms with Crippen LogP contribution in [0.1, 0.15) is 10.4 Å². The molecule has 0 fully saturated rings. The number of carbonyl (C=O) groups is 1. The van der Waals surface area contributed by atoms with E-state index in [2.05, 4.69) is 4.98 Å². The Balaban J connectivity index is 2.87. The third-order valence-corrected chi connectivity index (χ3v) is 2.53. The van der Waals surface area contributed by atoms with Gasteiger partial charge in [-0.05, 0) is 6.07 Å². The summed E-state index contributed by atoms with van der Waals surface area (Å²) in [6, 6.07) is 1.08. The smallest absolute Gasteiger partial charge is 0.257 e. The molecule has 0 aliphatic heterocycles. The minimum atomic E-state index is -0.601. The van der Waals surface area contributed by atoms with E-state index in [1.54, 1.807) is 0 Å². The summed E-state index contributed by atoms with van der Waals surface area (Å²) in [7, 11) is 3.08. The molecule has 0 bridgehead atoms. The van der Waals surface area contributed by atoms with E-state index >= 15 is 0 Å². The topological polar surface area (TPSA) is 77.7 Å². The van der Waals surface area contributed by atoms with Gasteiger partial charge in [-0.2, -0.15) is 0 Å². The van der Waals surface area contributed by atoms with Crippen LogP contribution in [-0.4, -0.2) is 56.3 Å². The van der Waals surface area contributed by atoms with Gasteiger partial charge in [-0.25, -0.2) is 9.37 Å². The lowest BCUT2D eigenvalue weighted by Gasteiger charge is -2.22. The zero-order valence-corrected chi connectivity index (χ0v) is 11.1. The zero-order chi connectivity index (χ0) is 14.3. The molecule has 1 aromatic heterocycles. The van der Waals surface area contributed by atoms with Gasteiger partial charge in [0.25, 0.3) is 5.91 Å². The number of amides is 1. The van der Waals surface area contributed by atoms with E-state index in [9.17, 15) is 9.18 Å². The van der Waals surface area contributed by atoms with Gasteiger partial charge in [0, 0.05) is 27.3 Å². The first-order chi connectivity index (χ1) is 9.10. The van der Waals surface area contributed by atoms with Crippen molar-refractivity contribution in [2.75, 3.05) is 46.3 Å². The van der Waals surface area contributed by atoms with Crippen LogP contribution in [0.4, 0.5) is 10.2 Å². The third kappa shape index (κ3) is 4.46. The molecule has 1 rings (SSSR count). The number of methoxy groups -OCH3 is 2. The lowest BCUT2D eigenvalue weighted by Crippen LogP contribution is -2.37. The number of pyridine rings is 1. The lowest BCUT2D eigenvalue weighted by molar-refractivity contribution is 0.0627. The summed E-state index contributed by atoms with van der Waals surface area (Å²) in [6.45, 7) is 1.49. The second-order valence-electron chi connectivity index (χ2n) is 3.86. The first kappa shape index (κ1) is 15.3. The Hall–Kier alpha value is -1.73. The van der Waals surface area contributed by atoms with Gasteiger partial charge in [0.1, 0.15) is 11.6 Å². The molecule has 0 saturated carbocycles. The summed E-state index contributed by atoms with van der Waals surface area (Å²) in [4.78, 5) is 17.4. The molecule has 106 valence electrons. The lowest BCUT2D eigenvalue weighted by atomic mass is 10.2. The molecular weight excluding hydrogens is 253 g/mol. The molecule has 0 aromatic carbocycles. The van der Waals surface area contributed by atoms with Gasteiger partial charge in [-0.15, -0.1) is 0 Å². The maximum absolute atomic E-state index is 13.1. The molecule has 2 N–H and O–H groups in total. The number of aromatic nitrogens is 1. The summed E-state index contributed by atoms with van der Waals surface area (Å²) < 4.78 is 23.0. The van der Waals surface area contributed by atoms with E-state index in [4.69, 9.17) is 15.2 Å². The van der Waals surface area contributed by atoms with E-state index in [0.717, 1.165) is 12.3 Å². The fraction of sp³-hybridized carbons (Fsp3) is 0.500. The van der Waals surface area contributed by atoms with E-state index in [1.807, 2.05) is 0 Å². The van der Waals surface area contributed by atoms with Gasteiger partial charge in [-0.1, -0.05) is 0 Å². The van der Waals surface area contributed by atoms with Crippen molar-refractivity contribution in [3.63, 3.8) is 0 Å². The van der Waals surface area contributed by atoms with Crippen LogP contribution in [0.3, 0.4) is 0 Å². The number of carbonyl (C=O) groups excluding carboxylic acids is 1. The van der Waals surface area contributed by atoms with Crippen LogP contribution < -0.4 is 5.73 Å². The minimum Gasteiger partial charge on any atom is -0.383 e. The first-order valence-corrected chi connectivity index (χ1v) is 5.78. The Morgan fingerprint density at radius 2 is 1.95 bits per heavy atom. The van der Waals surface area contributed by atoms with Crippen LogP contribution in [0.25, 0.3) is 0 Å². The van der Waals surface area contributed by atoms with Gasteiger partial charge in [0.05, 0.1) is 25.0 Å². The predicted octanol–water partition coefficient (Wildman–Crippen LogP) is 0.538. The number of nitrogens with zero attached hydrogens (tertiary/aromatic N) is 2. The van der Waals surface area contributed by atoms with Crippen molar-refractivity contribution in [3.8, 4) is 0 Å². The summed E-state index contributed by atoms with van der Waals surface area (Å²) in [6.07, 6.45) is 0.973. The van der Waals surface area contributed by atoms with Gasteiger partial charge in [-0.3, -0.25) is 4.79 Å². The van der Waals surface area contributed by atoms with Crippen LogP contribution in [-0.2, 0) is 9.47 Å². The van der Waals surface area contributed by atoms with E-state index in [1.165, 1.54) is 19.1 Å². The minimum absolute atomic E-state index is 0.00577. The maximum atomic E-state index is 13.1. The molecule has 6 nitrogen and oxygen atoms in total. The second-order valence-corrected chi connectivity index (χ2v) is 3.86. The van der Waals surface area contributed by atoms with Crippen molar-refractivity contribution in [1.82, 2.24) is 9.88 Å². The normalized spacial score (nSPS) is 10.5. The molecule has 0 atom stereocenters. The second kappa shape index (κ2) is 7.65. The summed E-state index contributed by atoms with van der Waals surface area (Å²) in [5.74, 6) is -0.985. The highest BCUT2D eigenvalue weighted by molar-refractivity contribution is 5.98. The number of nitrogens with two attached hydrogens (primary N) is 1. The number of halogens is 1. The van der Waals surface area contributed by atoms with Crippen molar-refractivity contribution in [2.45, 2.75) is 0 Å². The molecule has 1 amide bonds. The predicted molar refractivity (Wildman–Crippen MR) is 68.3 cm³/mol. The Labute approximate surface area is 111 Å². The summed E-state index contributed by atoms with van der Waals surface area (Å²) >= 11 is 0. The Morgan fingerprint density at radius 1 is 1.37 bits per heavy atom. The molecule has 0 saturated heterocycles. The largest absolute Gasteiger partial charge is 0.383 e. The molecule has 0 radical (unpaired) electrons. The molecule has 0 aliphatic carbocycles. The van der Waals surface area contributed by atoms with E-state index in [0.29, 0.717) is 26.3 Å². The zero-order valence-electron chi connectivity index (χ0n) is 11.1. The Kier molecular flexibility index (Phi) is 6.17. The van der Waals surface area contributed by atoms with Crippen LogP contribution in [0.5, 0.6) is 0 Å². The standard InChI is InChI=1S/C12H18FN3O3/c1-18-5-3-16(4-6-19-2)12(17)10-7-9(13)8-15-11(10)14/h7-8H,3-6H2,1-2H3,(H2,14,15). The van der Waals surface area contributed by atoms with E-state index in [-0.39, 0.29) is 11.4 Å². The van der Waals surface area contributed by atoms with Crippen LogP contribution in [0, 0.1) is 5.82 Å². The van der Waals surface area contributed by atoms with Crippen LogP contribution in [0.2, 0.25) is 0 Å². The number of hydrogen-bond donors (Lipinski definition) is 1. The number of ether oxygens (including phenoxy) is 2. The van der Waals surface area contributed by atoms with Crippen molar-refractivity contribution < 1.29 is 18.7 Å². The van der Waals surface area contributed by atoms with Gasteiger partial charge in [0.15, 0.2) is 0 Å². The molecule has 0 unspecified atom stereocenters. The summed E-state index contributed by atoms with van der Waals surface area (Å²) in [5, 5.41) is 0. The van der Waals surface area contributed by atoms with Crippen LogP contribution in [0.15, 0.2) is 12.3 Å². The Morgan fingerprint density at radius 3 is 2.47 bits per heavy atom. The van der Waals surface area contributed by atoms with Crippen molar-refractivity contribution in [3.05, 3.63) is 23.6 Å². The highest BCUT2D eigenvalue weighted by atomic mass is 19.1. The quantitative estimate of drug-likeness (QED) is 0.783. The van der Waals surface area contributed by atoms with Gasteiger partial charge < -0.3 is 20.1 Å². The monoisotopic (exact) mass is 271 g/mol. The van der Waals surface area contributed by atoms with Crippen molar-refractivity contribution in [1.29, 1.82) is 0 Å². The molecule has 19 heavy (non-hydrogen) atoms. The molecule has 1 aromatic rings. The van der Waals surface area contributed by atoms with Gasteiger partial charge >= 0.3 is 0 Å². The van der Waals surface area contributed by atoms with Crippen molar-refractivity contribution in [2.24, 2.45) is 0 Å². The van der Waals surface area contributed by atoms with E-state index < -0.39 is 11.7 Å². The van der Waals surface area contributed by atoms with Crippen LogP contribution >= 0.6 is 0 Å². The highest BCUT2D eigenvalue weighted by Gasteiger charge is 2.19. The number of anilines is 1. The molecule has 0 aliphatic rings.